The molecule has 0 aliphatic heterocycles. The molecule has 3 N–H and O–H groups in total. The van der Waals surface area contributed by atoms with Gasteiger partial charge in [0.05, 0.1) is 35.4 Å². The van der Waals surface area contributed by atoms with Crippen LogP contribution in [0.2, 0.25) is 0 Å². The quantitative estimate of drug-likeness (QED) is 0.445. The van der Waals surface area contributed by atoms with Gasteiger partial charge in [0.2, 0.25) is 10.0 Å². The van der Waals surface area contributed by atoms with Crippen molar-refractivity contribution < 1.29 is 26.4 Å². The third kappa shape index (κ3) is 4.67. The molecule has 0 saturated heterocycles. The van der Waals surface area contributed by atoms with Gasteiger partial charge >= 0.3 is 0 Å². The molecule has 0 unspecified atom stereocenters. The van der Waals surface area contributed by atoms with Crippen molar-refractivity contribution in [1.82, 2.24) is 15.2 Å². The van der Waals surface area contributed by atoms with Gasteiger partial charge in [-0.2, -0.15) is 5.10 Å². The second-order valence-corrected chi connectivity index (χ2v) is 8.69. The first-order valence-electron chi connectivity index (χ1n) is 8.49. The van der Waals surface area contributed by atoms with Crippen LogP contribution in [0.3, 0.4) is 0 Å². The van der Waals surface area contributed by atoms with Crippen LogP contribution in [-0.4, -0.2) is 48.2 Å². The zero-order chi connectivity index (χ0) is 21.9. The normalized spacial score (nSPS) is 11.6. The van der Waals surface area contributed by atoms with E-state index in [1.165, 1.54) is 24.0 Å². The molecular formula is C17H16F3N5O3S2. The first-order chi connectivity index (χ1) is 14.3. The first-order valence-corrected chi connectivity index (χ1v) is 11.4. The fourth-order valence-electron chi connectivity index (χ4n) is 2.60. The lowest BCUT2D eigenvalue weighted by Crippen LogP contribution is -2.21. The minimum atomic E-state index is -4.07. The maximum absolute atomic E-state index is 14.7. The summed E-state index contributed by atoms with van der Waals surface area (Å²) in [6.07, 6.45) is 2.79. The van der Waals surface area contributed by atoms with Gasteiger partial charge in [0.1, 0.15) is 16.4 Å². The average Bonchev–Trinajstić information content (AvgIpc) is 3.11. The summed E-state index contributed by atoms with van der Waals surface area (Å²) in [7, 11) is -4.07. The fourth-order valence-corrected chi connectivity index (χ4v) is 4.20. The Kier molecular flexibility index (Phi) is 6.51. The van der Waals surface area contributed by atoms with E-state index in [2.05, 4.69) is 20.5 Å². The van der Waals surface area contributed by atoms with E-state index in [-0.39, 0.29) is 12.1 Å². The number of hydrogen-bond donors (Lipinski definition) is 3. The van der Waals surface area contributed by atoms with Crippen LogP contribution in [-0.2, 0) is 10.0 Å². The van der Waals surface area contributed by atoms with Gasteiger partial charge in [-0.25, -0.2) is 22.2 Å². The van der Waals surface area contributed by atoms with Gasteiger partial charge < -0.3 is 5.32 Å². The molecule has 2 aromatic heterocycles. The summed E-state index contributed by atoms with van der Waals surface area (Å²) in [5, 5.41) is 10.3. The molecule has 0 saturated carbocycles. The maximum atomic E-state index is 14.7. The van der Waals surface area contributed by atoms with E-state index in [0.717, 1.165) is 12.1 Å². The monoisotopic (exact) mass is 459 g/mol. The van der Waals surface area contributed by atoms with E-state index in [0.29, 0.717) is 16.1 Å². The predicted molar refractivity (Wildman–Crippen MR) is 108 cm³/mol. The van der Waals surface area contributed by atoms with Crippen molar-refractivity contribution in [2.24, 2.45) is 0 Å². The molecule has 0 bridgehead atoms. The molecule has 1 amide bonds. The van der Waals surface area contributed by atoms with Gasteiger partial charge in [0.15, 0.2) is 11.5 Å². The molecule has 0 fully saturated rings. The number of thioether (sulfide) groups is 1. The van der Waals surface area contributed by atoms with Crippen LogP contribution in [0.5, 0.6) is 0 Å². The molecule has 0 spiro atoms. The van der Waals surface area contributed by atoms with Crippen molar-refractivity contribution in [3.63, 3.8) is 0 Å². The third-order valence-corrected chi connectivity index (χ3v) is 6.02. The number of nitrogens with one attached hydrogen (secondary N) is 3. The van der Waals surface area contributed by atoms with Crippen molar-refractivity contribution in [3.05, 3.63) is 41.6 Å². The molecule has 3 rings (SSSR count). The van der Waals surface area contributed by atoms with E-state index in [1.54, 1.807) is 6.26 Å². The Balaban J connectivity index is 1.88. The van der Waals surface area contributed by atoms with E-state index >= 15 is 0 Å². The van der Waals surface area contributed by atoms with Gasteiger partial charge in [0.25, 0.3) is 5.91 Å². The highest BCUT2D eigenvalue weighted by atomic mass is 32.2. The molecule has 0 aliphatic rings. The van der Waals surface area contributed by atoms with Gasteiger partial charge in [-0.1, -0.05) is 0 Å². The molecule has 0 radical (unpaired) electrons. The number of pyridine rings is 1. The third-order valence-electron chi connectivity index (χ3n) is 3.96. The standard InChI is InChI=1S/C17H16F3N5O3S2/c1-29-17-10-7-9(8-21-15(10)23-24-17)22-16(26)13-11(19)3-4-12(14(13)20)25-30(27,28)6-2-5-18/h3-4,7-8,25H,2,5-6H2,1H3,(H,22,26)(H,21,23,24). The SMILES string of the molecule is CSc1n[nH]c2ncc(NC(=O)c3c(F)ccc(NS(=O)(=O)CCCF)c3F)cc12. The molecular weight excluding hydrogens is 443 g/mol. The average molecular weight is 459 g/mol. The Morgan fingerprint density at radius 2 is 2.07 bits per heavy atom. The number of anilines is 2. The number of alkyl halides is 1. The van der Waals surface area contributed by atoms with Gasteiger partial charge in [-0.15, -0.1) is 11.8 Å². The Labute approximate surface area is 173 Å². The van der Waals surface area contributed by atoms with Crippen LogP contribution < -0.4 is 10.0 Å². The molecule has 160 valence electrons. The Morgan fingerprint density at radius 3 is 2.77 bits per heavy atom. The van der Waals surface area contributed by atoms with Crippen LogP contribution in [0.25, 0.3) is 11.0 Å². The molecule has 8 nitrogen and oxygen atoms in total. The smallest absolute Gasteiger partial charge is 0.261 e. The van der Waals surface area contributed by atoms with E-state index in [1.807, 2.05) is 4.72 Å². The summed E-state index contributed by atoms with van der Waals surface area (Å²) < 4.78 is 66.8. The van der Waals surface area contributed by atoms with Crippen molar-refractivity contribution >= 4 is 50.1 Å². The van der Waals surface area contributed by atoms with Crippen LogP contribution in [0.15, 0.2) is 29.4 Å². The number of carbonyl (C=O) groups excluding carboxylic acids is 1. The number of aromatic amines is 1. The van der Waals surface area contributed by atoms with Gasteiger partial charge in [-0.05, 0) is 30.9 Å². The Bertz CT molecular complexity index is 1200. The molecule has 30 heavy (non-hydrogen) atoms. The lowest BCUT2D eigenvalue weighted by atomic mass is 10.1. The number of nitrogens with zero attached hydrogens (tertiary/aromatic N) is 2. The highest BCUT2D eigenvalue weighted by molar-refractivity contribution is 7.98. The zero-order valence-electron chi connectivity index (χ0n) is 15.5. The number of halogens is 3. The summed E-state index contributed by atoms with van der Waals surface area (Å²) in [6, 6.07) is 3.14. The van der Waals surface area contributed by atoms with Crippen molar-refractivity contribution in [3.8, 4) is 0 Å². The number of benzene rings is 1. The Hall–Kier alpha value is -2.80. The maximum Gasteiger partial charge on any atom is 0.261 e. The molecule has 0 aliphatic carbocycles. The van der Waals surface area contributed by atoms with Crippen LogP contribution in [0.4, 0.5) is 24.5 Å². The lowest BCUT2D eigenvalue weighted by molar-refractivity contribution is 0.101. The Morgan fingerprint density at radius 1 is 1.30 bits per heavy atom. The largest absolute Gasteiger partial charge is 0.320 e. The van der Waals surface area contributed by atoms with Crippen molar-refractivity contribution in [2.75, 3.05) is 28.7 Å². The number of sulfonamides is 1. The number of H-pyrrole nitrogens is 1. The van der Waals surface area contributed by atoms with E-state index in [4.69, 9.17) is 0 Å². The number of carbonyl (C=O) groups is 1. The van der Waals surface area contributed by atoms with Crippen LogP contribution in [0.1, 0.15) is 16.8 Å². The number of aromatic nitrogens is 3. The van der Waals surface area contributed by atoms with Crippen LogP contribution in [0, 0.1) is 11.6 Å². The summed E-state index contributed by atoms with van der Waals surface area (Å²) in [6.45, 7) is -0.867. The molecule has 3 aromatic rings. The lowest BCUT2D eigenvalue weighted by Gasteiger charge is -2.12. The summed E-state index contributed by atoms with van der Waals surface area (Å²) in [5.41, 5.74) is -0.956. The molecule has 1 aromatic carbocycles. The first kappa shape index (κ1) is 21.9. The van der Waals surface area contributed by atoms with Gasteiger partial charge in [-0.3, -0.25) is 19.0 Å². The van der Waals surface area contributed by atoms with E-state index in [9.17, 15) is 26.4 Å². The van der Waals surface area contributed by atoms with Crippen molar-refractivity contribution in [1.29, 1.82) is 0 Å². The second-order valence-electron chi connectivity index (χ2n) is 6.05. The molecule has 0 atom stereocenters. The summed E-state index contributed by atoms with van der Waals surface area (Å²) >= 11 is 1.34. The molecule has 2 heterocycles. The molecule has 13 heteroatoms. The van der Waals surface area contributed by atoms with Crippen molar-refractivity contribution in [2.45, 2.75) is 11.4 Å². The minimum Gasteiger partial charge on any atom is -0.320 e. The predicted octanol–water partition coefficient (Wildman–Crippen LogP) is 3.31. The summed E-state index contributed by atoms with van der Waals surface area (Å²) in [4.78, 5) is 16.6. The number of fused-ring (bicyclic) bond motifs is 1. The highest BCUT2D eigenvalue weighted by Crippen LogP contribution is 2.26. The minimum absolute atomic E-state index is 0.164. The highest BCUT2D eigenvalue weighted by Gasteiger charge is 2.23. The fraction of sp³-hybridized carbons (Fsp3) is 0.235. The zero-order valence-corrected chi connectivity index (χ0v) is 17.1. The summed E-state index contributed by atoms with van der Waals surface area (Å²) in [5.74, 6) is -4.29. The number of hydrogen-bond acceptors (Lipinski definition) is 6. The second kappa shape index (κ2) is 8.92. The number of amides is 1. The van der Waals surface area contributed by atoms with Gasteiger partial charge in [0, 0.05) is 0 Å². The van der Waals surface area contributed by atoms with E-state index < -0.39 is 51.2 Å². The van der Waals surface area contributed by atoms with Crippen LogP contribution >= 0.6 is 11.8 Å². The topological polar surface area (TPSA) is 117 Å². The number of rotatable bonds is 8.